The maximum absolute atomic E-state index is 9.78. The van der Waals surface area contributed by atoms with Crippen LogP contribution in [0, 0.1) is 12.3 Å². The Balaban J connectivity index is 2.03. The highest BCUT2D eigenvalue weighted by Crippen LogP contribution is 2.59. The van der Waals surface area contributed by atoms with Crippen LogP contribution in [0.5, 0.6) is 0 Å². The minimum Gasteiger partial charge on any atom is -0.396 e. The maximum Gasteiger partial charge on any atom is 0.0600 e. The molecular formula is C13H18O2S. The molecule has 1 aliphatic heterocycles. The van der Waals surface area contributed by atoms with Gasteiger partial charge in [-0.15, -0.1) is 11.3 Å². The van der Waals surface area contributed by atoms with Crippen LogP contribution in [-0.4, -0.2) is 24.9 Å². The molecule has 2 nitrogen and oxygen atoms in total. The smallest absolute Gasteiger partial charge is 0.0600 e. The molecule has 3 heteroatoms. The highest BCUT2D eigenvalue weighted by molar-refractivity contribution is 7.10. The van der Waals surface area contributed by atoms with E-state index in [-0.39, 0.29) is 10.8 Å². The van der Waals surface area contributed by atoms with Crippen LogP contribution in [0.2, 0.25) is 0 Å². The van der Waals surface area contributed by atoms with Crippen molar-refractivity contribution in [2.24, 2.45) is 5.41 Å². The lowest BCUT2D eigenvalue weighted by atomic mass is 9.51. The largest absolute Gasteiger partial charge is 0.396 e. The van der Waals surface area contributed by atoms with Crippen LogP contribution in [0.3, 0.4) is 0 Å². The molecule has 0 radical (unpaired) electrons. The molecule has 1 aromatic heterocycles. The van der Waals surface area contributed by atoms with Gasteiger partial charge in [0, 0.05) is 16.9 Å². The summed E-state index contributed by atoms with van der Waals surface area (Å²) < 4.78 is 5.50. The lowest BCUT2D eigenvalue weighted by molar-refractivity contribution is -0.171. The van der Waals surface area contributed by atoms with Gasteiger partial charge in [0.2, 0.25) is 0 Å². The lowest BCUT2D eigenvalue weighted by Crippen LogP contribution is -2.63. The zero-order valence-electron chi connectivity index (χ0n) is 9.66. The third-order valence-corrected chi connectivity index (χ3v) is 5.84. The molecular weight excluding hydrogens is 220 g/mol. The summed E-state index contributed by atoms with van der Waals surface area (Å²) in [6.07, 6.45) is 3.57. The molecule has 2 fully saturated rings. The standard InChI is InChI=1S/C13H18O2S/c1-10-3-6-16-11(10)13(8-15-9-13)12(7-14)4-2-5-12/h3,6,14H,2,4-5,7-9H2,1H3. The zero-order valence-corrected chi connectivity index (χ0v) is 10.5. The minimum atomic E-state index is 0.112. The lowest BCUT2D eigenvalue weighted by Gasteiger charge is -2.59. The van der Waals surface area contributed by atoms with Crippen LogP contribution in [0.25, 0.3) is 0 Å². The maximum atomic E-state index is 9.78. The van der Waals surface area contributed by atoms with Gasteiger partial charge in [0.15, 0.2) is 0 Å². The second kappa shape index (κ2) is 3.56. The zero-order chi connectivity index (χ0) is 11.2. The van der Waals surface area contributed by atoms with E-state index in [1.165, 1.54) is 16.9 Å². The first-order valence-electron chi connectivity index (χ1n) is 5.97. The Morgan fingerprint density at radius 2 is 2.19 bits per heavy atom. The van der Waals surface area contributed by atoms with Crippen molar-refractivity contribution in [3.8, 4) is 0 Å². The van der Waals surface area contributed by atoms with Gasteiger partial charge in [0.25, 0.3) is 0 Å². The second-order valence-corrected chi connectivity index (χ2v) is 6.22. The van der Waals surface area contributed by atoms with Crippen molar-refractivity contribution in [3.63, 3.8) is 0 Å². The molecule has 1 aromatic rings. The summed E-state index contributed by atoms with van der Waals surface area (Å²) in [6, 6.07) is 2.18. The molecule has 0 spiro atoms. The van der Waals surface area contributed by atoms with Gasteiger partial charge in [-0.3, -0.25) is 0 Å². The van der Waals surface area contributed by atoms with Crippen molar-refractivity contribution in [1.82, 2.24) is 0 Å². The summed E-state index contributed by atoms with van der Waals surface area (Å²) in [5.41, 5.74) is 1.60. The van der Waals surface area contributed by atoms with Gasteiger partial charge in [0.1, 0.15) is 0 Å². The molecule has 1 N–H and O–H groups in total. The molecule has 3 rings (SSSR count). The van der Waals surface area contributed by atoms with Crippen molar-refractivity contribution in [2.45, 2.75) is 31.6 Å². The summed E-state index contributed by atoms with van der Waals surface area (Å²) in [6.45, 7) is 4.09. The molecule has 1 saturated carbocycles. The molecule has 0 bridgehead atoms. The van der Waals surface area contributed by atoms with E-state index in [0.717, 1.165) is 26.1 Å². The summed E-state index contributed by atoms with van der Waals surface area (Å²) in [4.78, 5) is 1.45. The monoisotopic (exact) mass is 238 g/mol. The molecule has 88 valence electrons. The first-order chi connectivity index (χ1) is 7.74. The first kappa shape index (κ1) is 10.8. The third kappa shape index (κ3) is 1.14. The van der Waals surface area contributed by atoms with E-state index in [1.54, 1.807) is 0 Å². The van der Waals surface area contributed by atoms with E-state index >= 15 is 0 Å². The predicted octanol–water partition coefficient (Wildman–Crippen LogP) is 2.49. The van der Waals surface area contributed by atoms with Gasteiger partial charge in [-0.25, -0.2) is 0 Å². The van der Waals surface area contributed by atoms with E-state index in [2.05, 4.69) is 18.4 Å². The van der Waals surface area contributed by atoms with Gasteiger partial charge in [-0.2, -0.15) is 0 Å². The Morgan fingerprint density at radius 3 is 2.50 bits per heavy atom. The molecule has 1 aliphatic carbocycles. The van der Waals surface area contributed by atoms with Crippen LogP contribution in [0.1, 0.15) is 29.7 Å². The van der Waals surface area contributed by atoms with Gasteiger partial charge >= 0.3 is 0 Å². The summed E-state index contributed by atoms with van der Waals surface area (Å²) in [7, 11) is 0. The third-order valence-electron chi connectivity index (χ3n) is 4.62. The quantitative estimate of drug-likeness (QED) is 0.876. The highest BCUT2D eigenvalue weighted by Gasteiger charge is 2.60. The van der Waals surface area contributed by atoms with Crippen LogP contribution < -0.4 is 0 Å². The molecule has 1 saturated heterocycles. The molecule has 16 heavy (non-hydrogen) atoms. The van der Waals surface area contributed by atoms with Crippen LogP contribution in [-0.2, 0) is 10.2 Å². The molecule has 0 atom stereocenters. The topological polar surface area (TPSA) is 29.5 Å². The van der Waals surface area contributed by atoms with Gasteiger partial charge < -0.3 is 9.84 Å². The summed E-state index contributed by atoms with van der Waals surface area (Å²) in [5, 5.41) is 11.9. The number of ether oxygens (including phenoxy) is 1. The number of aryl methyl sites for hydroxylation is 1. The Bertz CT molecular complexity index is 383. The number of rotatable bonds is 3. The van der Waals surface area contributed by atoms with E-state index in [1.807, 2.05) is 11.3 Å². The van der Waals surface area contributed by atoms with Crippen molar-refractivity contribution >= 4 is 11.3 Å². The van der Waals surface area contributed by atoms with E-state index in [9.17, 15) is 5.11 Å². The van der Waals surface area contributed by atoms with Gasteiger partial charge in [0.05, 0.1) is 18.6 Å². The van der Waals surface area contributed by atoms with Gasteiger partial charge in [-0.1, -0.05) is 6.42 Å². The molecule has 0 aromatic carbocycles. The number of thiophene rings is 1. The Hall–Kier alpha value is -0.380. The number of hydrogen-bond donors (Lipinski definition) is 1. The normalized spacial score (nSPS) is 25.9. The average molecular weight is 238 g/mol. The molecule has 0 amide bonds. The Morgan fingerprint density at radius 1 is 1.44 bits per heavy atom. The SMILES string of the molecule is Cc1ccsc1C1(C2(CO)CCC2)COC1. The molecule has 0 unspecified atom stereocenters. The summed E-state index contributed by atoms with van der Waals surface area (Å²) in [5.74, 6) is 0. The fourth-order valence-electron chi connectivity index (χ4n) is 3.24. The number of aliphatic hydroxyl groups is 1. The summed E-state index contributed by atoms with van der Waals surface area (Å²) >= 11 is 1.83. The van der Waals surface area contributed by atoms with Crippen LogP contribution >= 0.6 is 11.3 Å². The number of hydrogen-bond acceptors (Lipinski definition) is 3. The Labute approximate surface area is 100 Å². The highest BCUT2D eigenvalue weighted by atomic mass is 32.1. The number of aliphatic hydroxyl groups excluding tert-OH is 1. The van der Waals surface area contributed by atoms with E-state index < -0.39 is 0 Å². The van der Waals surface area contributed by atoms with Crippen molar-refractivity contribution < 1.29 is 9.84 Å². The first-order valence-corrected chi connectivity index (χ1v) is 6.85. The van der Waals surface area contributed by atoms with Crippen molar-refractivity contribution in [3.05, 3.63) is 21.9 Å². The van der Waals surface area contributed by atoms with E-state index in [0.29, 0.717) is 6.61 Å². The van der Waals surface area contributed by atoms with Crippen LogP contribution in [0.15, 0.2) is 11.4 Å². The van der Waals surface area contributed by atoms with Crippen LogP contribution in [0.4, 0.5) is 0 Å². The van der Waals surface area contributed by atoms with E-state index in [4.69, 9.17) is 4.74 Å². The minimum absolute atomic E-state index is 0.112. The average Bonchev–Trinajstić information content (AvgIpc) is 2.55. The molecule has 2 heterocycles. The predicted molar refractivity (Wildman–Crippen MR) is 64.9 cm³/mol. The fraction of sp³-hybridized carbons (Fsp3) is 0.692. The Kier molecular flexibility index (Phi) is 2.39. The molecule has 2 aliphatic rings. The van der Waals surface area contributed by atoms with Crippen molar-refractivity contribution in [1.29, 1.82) is 0 Å². The van der Waals surface area contributed by atoms with Crippen molar-refractivity contribution in [2.75, 3.05) is 19.8 Å². The second-order valence-electron chi connectivity index (χ2n) is 5.30. The van der Waals surface area contributed by atoms with Gasteiger partial charge in [-0.05, 0) is 36.8 Å². The fourth-order valence-corrected chi connectivity index (χ4v) is 4.46.